The molecule has 1 heterocycles. The molecule has 2 aromatic rings. The van der Waals surface area contributed by atoms with E-state index < -0.39 is 6.10 Å². The molecule has 0 spiro atoms. The van der Waals surface area contributed by atoms with Crippen molar-refractivity contribution in [2.45, 2.75) is 32.6 Å². The fourth-order valence-corrected chi connectivity index (χ4v) is 2.26. The van der Waals surface area contributed by atoms with Crippen LogP contribution in [-0.2, 0) is 16.0 Å². The monoisotopic (exact) mass is 322 g/mol. The molecule has 0 saturated heterocycles. The fourth-order valence-electron chi connectivity index (χ4n) is 2.26. The summed E-state index contributed by atoms with van der Waals surface area (Å²) in [6, 6.07) is 7.67. The van der Waals surface area contributed by atoms with E-state index in [0.29, 0.717) is 38.8 Å². The molecule has 6 nitrogen and oxygen atoms in total. The number of para-hydroxylation sites is 2. The number of ether oxygens (including phenoxy) is 2. The summed E-state index contributed by atoms with van der Waals surface area (Å²) in [4.78, 5) is 6.39. The van der Waals surface area contributed by atoms with Crippen LogP contribution in [-0.4, -0.2) is 60.6 Å². The summed E-state index contributed by atoms with van der Waals surface area (Å²) >= 11 is 0. The zero-order valence-electron chi connectivity index (χ0n) is 14.1. The smallest absolute Gasteiger partial charge is 0.209 e. The van der Waals surface area contributed by atoms with Gasteiger partial charge >= 0.3 is 0 Å². The van der Waals surface area contributed by atoms with Crippen molar-refractivity contribution in [3.63, 3.8) is 0 Å². The van der Waals surface area contributed by atoms with Crippen molar-refractivity contribution in [1.29, 1.82) is 0 Å². The number of nitrogens with zero attached hydrogens (tertiary/aromatic N) is 2. The molecule has 0 bridgehead atoms. The highest BCUT2D eigenvalue weighted by atomic mass is 16.5. The van der Waals surface area contributed by atoms with Crippen molar-refractivity contribution in [3.8, 4) is 0 Å². The lowest BCUT2D eigenvalue weighted by molar-refractivity contribution is -0.0177. The first-order valence-electron chi connectivity index (χ1n) is 7.95. The highest BCUT2D eigenvalue weighted by Gasteiger charge is 2.12. The van der Waals surface area contributed by atoms with Crippen LogP contribution in [0.1, 0.15) is 19.7 Å². The normalized spacial score (nSPS) is 13.3. The average molecular weight is 322 g/mol. The summed E-state index contributed by atoms with van der Waals surface area (Å²) in [5.41, 5.74) is 1.63. The highest BCUT2D eigenvalue weighted by molar-refractivity contribution is 5.72. The first-order chi connectivity index (χ1) is 11.0. The third kappa shape index (κ3) is 6.27. The molecule has 0 unspecified atom stereocenters. The minimum Gasteiger partial charge on any atom is -0.439 e. The lowest BCUT2D eigenvalue weighted by Gasteiger charge is -2.19. The Morgan fingerprint density at radius 3 is 2.78 bits per heavy atom. The lowest BCUT2D eigenvalue weighted by atomic mass is 10.3. The van der Waals surface area contributed by atoms with Crippen LogP contribution >= 0.6 is 0 Å². The van der Waals surface area contributed by atoms with Crippen molar-refractivity contribution in [3.05, 3.63) is 30.2 Å². The molecule has 0 fully saturated rings. The Kier molecular flexibility index (Phi) is 6.98. The first kappa shape index (κ1) is 17.9. The molecule has 1 aromatic carbocycles. The number of aliphatic hydroxyl groups excluding tert-OH is 1. The van der Waals surface area contributed by atoms with Gasteiger partial charge in [-0.3, -0.25) is 4.90 Å². The third-order valence-corrected chi connectivity index (χ3v) is 3.25. The van der Waals surface area contributed by atoms with Crippen molar-refractivity contribution in [1.82, 2.24) is 9.88 Å². The second-order valence-corrected chi connectivity index (χ2v) is 5.92. The minimum absolute atomic E-state index is 0.200. The van der Waals surface area contributed by atoms with Gasteiger partial charge in [0.05, 0.1) is 38.6 Å². The van der Waals surface area contributed by atoms with E-state index in [1.54, 1.807) is 0 Å². The molecule has 0 aliphatic carbocycles. The Morgan fingerprint density at radius 1 is 1.26 bits per heavy atom. The predicted octanol–water partition coefficient (Wildman–Crippen LogP) is 2.06. The third-order valence-electron chi connectivity index (χ3n) is 3.25. The van der Waals surface area contributed by atoms with Gasteiger partial charge in [0.2, 0.25) is 5.89 Å². The number of aromatic nitrogens is 1. The van der Waals surface area contributed by atoms with Crippen molar-refractivity contribution >= 4 is 11.1 Å². The summed E-state index contributed by atoms with van der Waals surface area (Å²) in [5, 5.41) is 9.99. The standard InChI is InChI=1S/C17H26N2O4/c1-13(2)22-9-8-21-12-14(20)10-19(3)11-17-18-15-6-4-5-7-16(15)23-17/h4-7,13-14,20H,8-12H2,1-3H3/t14-/m1/s1. The molecule has 0 radical (unpaired) electrons. The van der Waals surface area contributed by atoms with Gasteiger partial charge in [-0.15, -0.1) is 0 Å². The van der Waals surface area contributed by atoms with Crippen LogP contribution < -0.4 is 0 Å². The van der Waals surface area contributed by atoms with Gasteiger partial charge in [-0.25, -0.2) is 4.98 Å². The van der Waals surface area contributed by atoms with Crippen LogP contribution in [0.5, 0.6) is 0 Å². The number of oxazole rings is 1. The minimum atomic E-state index is -0.552. The number of hydrogen-bond donors (Lipinski definition) is 1. The number of fused-ring (bicyclic) bond motifs is 1. The van der Waals surface area contributed by atoms with Gasteiger partial charge in [0, 0.05) is 6.54 Å². The molecule has 0 aliphatic heterocycles. The average Bonchev–Trinajstić information content (AvgIpc) is 2.88. The second-order valence-electron chi connectivity index (χ2n) is 5.92. The Morgan fingerprint density at radius 2 is 2.04 bits per heavy atom. The van der Waals surface area contributed by atoms with Crippen LogP contribution in [0, 0.1) is 0 Å². The van der Waals surface area contributed by atoms with Crippen LogP contribution in [0.25, 0.3) is 11.1 Å². The maximum absolute atomic E-state index is 9.99. The van der Waals surface area contributed by atoms with E-state index in [9.17, 15) is 5.11 Å². The molecular weight excluding hydrogens is 296 g/mol. The van der Waals surface area contributed by atoms with Gasteiger partial charge in [0.15, 0.2) is 5.58 Å². The predicted molar refractivity (Wildman–Crippen MR) is 88.3 cm³/mol. The van der Waals surface area contributed by atoms with Gasteiger partial charge in [-0.2, -0.15) is 0 Å². The van der Waals surface area contributed by atoms with E-state index in [1.807, 2.05) is 50.1 Å². The number of rotatable bonds is 10. The molecule has 6 heteroatoms. The van der Waals surface area contributed by atoms with Gasteiger partial charge in [-0.05, 0) is 33.0 Å². The van der Waals surface area contributed by atoms with Crippen molar-refractivity contribution in [2.75, 3.05) is 33.4 Å². The van der Waals surface area contributed by atoms with E-state index in [1.165, 1.54) is 0 Å². The van der Waals surface area contributed by atoms with E-state index in [2.05, 4.69) is 4.98 Å². The molecule has 23 heavy (non-hydrogen) atoms. The van der Waals surface area contributed by atoms with E-state index >= 15 is 0 Å². The lowest BCUT2D eigenvalue weighted by Crippen LogP contribution is -2.32. The maximum Gasteiger partial charge on any atom is 0.209 e. The number of hydrogen-bond acceptors (Lipinski definition) is 6. The molecule has 1 aromatic heterocycles. The first-order valence-corrected chi connectivity index (χ1v) is 7.95. The fraction of sp³-hybridized carbons (Fsp3) is 0.588. The maximum atomic E-state index is 9.99. The van der Waals surface area contributed by atoms with E-state index in [4.69, 9.17) is 13.9 Å². The summed E-state index contributed by atoms with van der Waals surface area (Å²) in [6.45, 7) is 6.32. The molecule has 1 atom stereocenters. The molecular formula is C17H26N2O4. The molecule has 2 rings (SSSR count). The van der Waals surface area contributed by atoms with Gasteiger partial charge in [-0.1, -0.05) is 12.1 Å². The second kappa shape index (κ2) is 8.98. The Labute approximate surface area is 137 Å². The highest BCUT2D eigenvalue weighted by Crippen LogP contribution is 2.15. The number of aliphatic hydroxyl groups is 1. The Bertz CT molecular complexity index is 552. The zero-order valence-corrected chi connectivity index (χ0v) is 14.1. The largest absolute Gasteiger partial charge is 0.439 e. The summed E-state index contributed by atoms with van der Waals surface area (Å²) < 4.78 is 16.5. The number of benzene rings is 1. The van der Waals surface area contributed by atoms with Gasteiger partial charge in [0.25, 0.3) is 0 Å². The molecule has 128 valence electrons. The summed E-state index contributed by atoms with van der Waals surface area (Å²) in [7, 11) is 1.92. The topological polar surface area (TPSA) is 68.0 Å². The zero-order chi connectivity index (χ0) is 16.7. The molecule has 0 amide bonds. The SMILES string of the molecule is CC(C)OCCOC[C@H](O)CN(C)Cc1nc2ccccc2o1. The van der Waals surface area contributed by atoms with Gasteiger partial charge in [0.1, 0.15) is 5.52 Å². The van der Waals surface area contributed by atoms with Crippen LogP contribution in [0.3, 0.4) is 0 Å². The molecule has 1 N–H and O–H groups in total. The number of likely N-dealkylation sites (N-methyl/N-ethyl adjacent to an activating group) is 1. The van der Waals surface area contributed by atoms with E-state index in [0.717, 1.165) is 11.1 Å². The van der Waals surface area contributed by atoms with Crippen LogP contribution in [0.4, 0.5) is 0 Å². The Balaban J connectivity index is 1.68. The molecule has 0 saturated carbocycles. The van der Waals surface area contributed by atoms with Crippen LogP contribution in [0.2, 0.25) is 0 Å². The summed E-state index contributed by atoms with van der Waals surface area (Å²) in [6.07, 6.45) is -0.352. The summed E-state index contributed by atoms with van der Waals surface area (Å²) in [5.74, 6) is 0.646. The van der Waals surface area contributed by atoms with E-state index in [-0.39, 0.29) is 6.10 Å². The van der Waals surface area contributed by atoms with Crippen molar-refractivity contribution in [2.24, 2.45) is 0 Å². The quantitative estimate of drug-likeness (QED) is 0.675. The van der Waals surface area contributed by atoms with Gasteiger partial charge < -0.3 is 19.0 Å². The van der Waals surface area contributed by atoms with Crippen LogP contribution in [0.15, 0.2) is 28.7 Å². The molecule has 0 aliphatic rings. The van der Waals surface area contributed by atoms with Crippen molar-refractivity contribution < 1.29 is 19.0 Å². The Hall–Kier alpha value is -1.47.